The molecule has 1 heterocycles. The maximum atomic E-state index is 2.44. The van der Waals surface area contributed by atoms with Gasteiger partial charge in [-0.3, -0.25) is 0 Å². The van der Waals surface area contributed by atoms with E-state index in [1.165, 1.54) is 5.39 Å². The Hall–Kier alpha value is -0.304. The number of hydrogen-bond donors (Lipinski definition) is 0. The Morgan fingerprint density at radius 3 is 2.38 bits per heavy atom. The molecule has 0 aliphatic heterocycles. The van der Waals surface area contributed by atoms with Gasteiger partial charge < -0.3 is 0 Å². The molecule has 2 heteroatoms. The van der Waals surface area contributed by atoms with Gasteiger partial charge in [0.05, 0.1) is 0 Å². The molecule has 1 aromatic heterocycles. The topological polar surface area (TPSA) is 0 Å². The van der Waals surface area contributed by atoms with Gasteiger partial charge in [0.1, 0.15) is 0 Å². The van der Waals surface area contributed by atoms with Gasteiger partial charge in [0, 0.05) is 0 Å². The zero-order valence-electron chi connectivity index (χ0n) is 8.29. The van der Waals surface area contributed by atoms with E-state index in [4.69, 9.17) is 0 Å². The summed E-state index contributed by atoms with van der Waals surface area (Å²) < 4.78 is 3.33. The van der Waals surface area contributed by atoms with Crippen molar-refractivity contribution in [3.8, 4) is 0 Å². The molecule has 13 heavy (non-hydrogen) atoms. The Bertz CT molecular complexity index is 390. The Morgan fingerprint density at radius 2 is 1.77 bits per heavy atom. The SMILES string of the molecule is C[Si](C)(C)c1cc2ccccc2[se]1. The van der Waals surface area contributed by atoms with Crippen molar-refractivity contribution in [3.05, 3.63) is 30.3 Å². The van der Waals surface area contributed by atoms with E-state index in [2.05, 4.69) is 50.0 Å². The van der Waals surface area contributed by atoms with E-state index in [1.54, 1.807) is 8.32 Å². The maximum absolute atomic E-state index is 2.44. The Kier molecular flexibility index (Phi) is 2.23. The van der Waals surface area contributed by atoms with Crippen LogP contribution in [0.3, 0.4) is 0 Å². The second-order valence-electron chi connectivity index (χ2n) is 4.40. The van der Waals surface area contributed by atoms with Crippen molar-refractivity contribution in [2.75, 3.05) is 0 Å². The van der Waals surface area contributed by atoms with Crippen molar-refractivity contribution in [3.63, 3.8) is 0 Å². The van der Waals surface area contributed by atoms with Crippen LogP contribution in [0.15, 0.2) is 30.3 Å². The van der Waals surface area contributed by atoms with Crippen LogP contribution in [0.1, 0.15) is 0 Å². The second kappa shape index (κ2) is 3.12. The Morgan fingerprint density at radius 1 is 1.08 bits per heavy atom. The van der Waals surface area contributed by atoms with E-state index in [1.807, 2.05) is 0 Å². The molecule has 0 radical (unpaired) electrons. The van der Waals surface area contributed by atoms with E-state index in [0.29, 0.717) is 14.5 Å². The number of rotatable bonds is 1. The summed E-state index contributed by atoms with van der Waals surface area (Å²) in [6.45, 7) is 7.31. The molecule has 0 amide bonds. The molecular formula is C11H14SeSi. The van der Waals surface area contributed by atoms with Gasteiger partial charge in [-0.2, -0.15) is 0 Å². The molecule has 0 fully saturated rings. The first kappa shape index (κ1) is 9.26. The van der Waals surface area contributed by atoms with Crippen molar-refractivity contribution in [2.45, 2.75) is 19.6 Å². The van der Waals surface area contributed by atoms with Gasteiger partial charge in [-0.15, -0.1) is 0 Å². The van der Waals surface area contributed by atoms with Gasteiger partial charge in [0.2, 0.25) is 0 Å². The second-order valence-corrected chi connectivity index (χ2v) is 12.5. The summed E-state index contributed by atoms with van der Waals surface area (Å²) in [6, 6.07) is 11.2. The normalized spacial score (nSPS) is 12.2. The minimum atomic E-state index is -1.03. The fraction of sp³-hybridized carbons (Fsp3) is 0.273. The van der Waals surface area contributed by atoms with Crippen LogP contribution in [0, 0.1) is 0 Å². The molecule has 68 valence electrons. The molecule has 1 aromatic carbocycles. The van der Waals surface area contributed by atoms with Crippen LogP contribution in [0.5, 0.6) is 0 Å². The molecule has 0 unspecified atom stereocenters. The first-order chi connectivity index (χ1) is 6.07. The summed E-state index contributed by atoms with van der Waals surface area (Å²) in [7, 11) is -1.03. The molecule has 0 aliphatic carbocycles. The van der Waals surface area contributed by atoms with E-state index >= 15 is 0 Å². The quantitative estimate of drug-likeness (QED) is 0.685. The predicted octanol–water partition coefficient (Wildman–Crippen LogP) is 2.44. The summed E-state index contributed by atoms with van der Waals surface area (Å²) in [6.07, 6.45) is 0. The molecular weight excluding hydrogens is 239 g/mol. The molecule has 0 saturated carbocycles. The molecule has 0 N–H and O–H groups in total. The minimum absolute atomic E-state index is 0.626. The van der Waals surface area contributed by atoms with E-state index in [-0.39, 0.29) is 0 Å². The molecule has 2 aromatic rings. The fourth-order valence-corrected chi connectivity index (χ4v) is 6.45. The summed E-state index contributed by atoms with van der Waals surface area (Å²) >= 11 is 0.626. The van der Waals surface area contributed by atoms with Crippen LogP contribution in [0.4, 0.5) is 0 Å². The van der Waals surface area contributed by atoms with E-state index < -0.39 is 8.07 Å². The summed E-state index contributed by atoms with van der Waals surface area (Å²) in [5.74, 6) is 0. The van der Waals surface area contributed by atoms with Crippen molar-refractivity contribution in [1.82, 2.24) is 0 Å². The zero-order valence-corrected chi connectivity index (χ0v) is 11.0. The number of fused-ring (bicyclic) bond motifs is 1. The molecule has 0 bridgehead atoms. The third kappa shape index (κ3) is 1.80. The van der Waals surface area contributed by atoms with Gasteiger partial charge in [-0.25, -0.2) is 0 Å². The third-order valence-corrected chi connectivity index (χ3v) is 10.1. The molecule has 0 saturated heterocycles. The standard InChI is InChI=1S/C11H14SeSi/c1-13(2,3)11-8-9-6-4-5-7-10(9)12-11/h4-8H,1-3H3. The number of hydrogen-bond acceptors (Lipinski definition) is 0. The molecule has 0 nitrogen and oxygen atoms in total. The van der Waals surface area contributed by atoms with Crippen molar-refractivity contribution in [2.24, 2.45) is 0 Å². The fourth-order valence-electron chi connectivity index (χ4n) is 1.35. The van der Waals surface area contributed by atoms with E-state index in [9.17, 15) is 0 Å². The van der Waals surface area contributed by atoms with E-state index in [0.717, 1.165) is 0 Å². The summed E-state index contributed by atoms with van der Waals surface area (Å²) in [4.78, 5) is 0. The average molecular weight is 253 g/mol. The van der Waals surface area contributed by atoms with Gasteiger partial charge in [0.25, 0.3) is 0 Å². The van der Waals surface area contributed by atoms with Gasteiger partial charge >= 0.3 is 86.3 Å². The third-order valence-electron chi connectivity index (χ3n) is 2.16. The van der Waals surface area contributed by atoms with Crippen LogP contribution in [-0.2, 0) is 0 Å². The van der Waals surface area contributed by atoms with Gasteiger partial charge in [-0.05, 0) is 0 Å². The molecule has 0 spiro atoms. The van der Waals surface area contributed by atoms with Crippen LogP contribution in [0.2, 0.25) is 19.6 Å². The number of benzene rings is 1. The summed E-state index contributed by atoms with van der Waals surface area (Å²) in [5.41, 5.74) is 0. The van der Waals surface area contributed by atoms with Crippen LogP contribution in [-0.4, -0.2) is 22.6 Å². The first-order valence-electron chi connectivity index (χ1n) is 4.56. The van der Waals surface area contributed by atoms with Crippen LogP contribution in [0.25, 0.3) is 9.65 Å². The van der Waals surface area contributed by atoms with Crippen molar-refractivity contribution in [1.29, 1.82) is 0 Å². The van der Waals surface area contributed by atoms with Crippen molar-refractivity contribution >= 4 is 36.3 Å². The van der Waals surface area contributed by atoms with Crippen molar-refractivity contribution < 1.29 is 0 Å². The molecule has 0 aliphatic rings. The summed E-state index contributed by atoms with van der Waals surface area (Å²) in [5, 5.41) is 1.47. The van der Waals surface area contributed by atoms with Gasteiger partial charge in [0.15, 0.2) is 0 Å². The Balaban J connectivity index is 2.63. The predicted molar refractivity (Wildman–Crippen MR) is 63.9 cm³/mol. The van der Waals surface area contributed by atoms with Gasteiger partial charge in [-0.1, -0.05) is 0 Å². The average Bonchev–Trinajstić information content (AvgIpc) is 2.45. The van der Waals surface area contributed by atoms with Crippen LogP contribution < -0.4 is 4.06 Å². The van der Waals surface area contributed by atoms with Crippen LogP contribution >= 0.6 is 0 Å². The Labute approximate surface area is 86.3 Å². The first-order valence-corrected chi connectivity index (χ1v) is 9.78. The molecule has 2 rings (SSSR count). The zero-order chi connectivity index (χ0) is 9.47. The monoisotopic (exact) mass is 254 g/mol. The molecule has 0 atom stereocenters.